The van der Waals surface area contributed by atoms with E-state index in [-0.39, 0.29) is 5.95 Å². The molecule has 0 aliphatic carbocycles. The van der Waals surface area contributed by atoms with Crippen molar-refractivity contribution in [3.8, 4) is 0 Å². The van der Waals surface area contributed by atoms with Gasteiger partial charge in [-0.2, -0.15) is 0 Å². The van der Waals surface area contributed by atoms with Gasteiger partial charge in [-0.25, -0.2) is 0 Å². The van der Waals surface area contributed by atoms with Gasteiger partial charge in [-0.1, -0.05) is 6.92 Å². The first-order valence-corrected chi connectivity index (χ1v) is 2.65. The summed E-state index contributed by atoms with van der Waals surface area (Å²) < 4.78 is 4.54. The van der Waals surface area contributed by atoms with Crippen molar-refractivity contribution < 1.29 is 9.84 Å². The first-order valence-electron chi connectivity index (χ1n) is 2.65. The zero-order valence-electron chi connectivity index (χ0n) is 5.56. The molecule has 0 aliphatic rings. The van der Waals surface area contributed by atoms with Crippen LogP contribution >= 0.6 is 0 Å². The Morgan fingerprint density at radius 1 is 1.62 bits per heavy atom. The zero-order valence-corrected chi connectivity index (χ0v) is 5.56. The Labute approximate surface area is 49.8 Å². The quantitative estimate of drug-likeness (QED) is 0.558. The number of methoxy groups -OCH3 is 1. The molecule has 0 saturated heterocycles. The van der Waals surface area contributed by atoms with Gasteiger partial charge < -0.3 is 9.84 Å². The molecule has 48 valence electrons. The minimum absolute atomic E-state index is 0.0486. The number of aliphatic hydroxyl groups is 1. The largest absolute Gasteiger partial charge is 0.481 e. The van der Waals surface area contributed by atoms with Crippen molar-refractivity contribution in [2.75, 3.05) is 7.11 Å². The fraction of sp³-hybridized carbons (Fsp3) is 0.667. The lowest BCUT2D eigenvalue weighted by molar-refractivity contribution is 0.130. The van der Waals surface area contributed by atoms with E-state index in [0.717, 1.165) is 12.0 Å². The molecule has 0 spiro atoms. The van der Waals surface area contributed by atoms with Gasteiger partial charge in [0, 0.05) is 5.57 Å². The Bertz CT molecular complexity index is 82.7. The summed E-state index contributed by atoms with van der Waals surface area (Å²) in [5.41, 5.74) is 0.882. The normalized spacial score (nSPS) is 12.9. The van der Waals surface area contributed by atoms with E-state index in [1.807, 2.05) is 13.8 Å². The van der Waals surface area contributed by atoms with Gasteiger partial charge >= 0.3 is 0 Å². The highest BCUT2D eigenvalue weighted by molar-refractivity contribution is 4.96. The lowest BCUT2D eigenvalue weighted by atomic mass is 10.2. The fourth-order valence-corrected chi connectivity index (χ4v) is 0.325. The van der Waals surface area contributed by atoms with Crippen molar-refractivity contribution in [2.24, 2.45) is 0 Å². The molecule has 0 unspecified atom stereocenters. The van der Waals surface area contributed by atoms with Crippen molar-refractivity contribution in [2.45, 2.75) is 20.3 Å². The standard InChI is InChI=1S/C6H12O2/c1-4-5(2)6(7)8-3/h7H,4H2,1-3H3/b6-5-. The Balaban J connectivity index is 3.83. The van der Waals surface area contributed by atoms with Crippen LogP contribution in [0.5, 0.6) is 0 Å². The van der Waals surface area contributed by atoms with Crippen LogP contribution in [0.2, 0.25) is 0 Å². The Morgan fingerprint density at radius 2 is 2.12 bits per heavy atom. The third-order valence-electron chi connectivity index (χ3n) is 1.09. The summed E-state index contributed by atoms with van der Waals surface area (Å²) in [5, 5.41) is 8.78. The maximum atomic E-state index is 8.78. The van der Waals surface area contributed by atoms with E-state index in [4.69, 9.17) is 5.11 Å². The third-order valence-corrected chi connectivity index (χ3v) is 1.09. The van der Waals surface area contributed by atoms with E-state index < -0.39 is 0 Å². The first-order chi connectivity index (χ1) is 3.72. The summed E-state index contributed by atoms with van der Waals surface area (Å²) in [5.74, 6) is 0.0486. The minimum atomic E-state index is 0.0486. The SMILES string of the molecule is CC/C(C)=C(/O)OC. The number of ether oxygens (including phenoxy) is 1. The van der Waals surface area contributed by atoms with Gasteiger partial charge in [0.25, 0.3) is 5.95 Å². The van der Waals surface area contributed by atoms with Crippen LogP contribution in [0, 0.1) is 0 Å². The molecule has 0 aromatic rings. The Morgan fingerprint density at radius 3 is 2.25 bits per heavy atom. The molecule has 0 aromatic heterocycles. The third kappa shape index (κ3) is 1.87. The molecule has 2 nitrogen and oxygen atoms in total. The first kappa shape index (κ1) is 7.34. The molecule has 8 heavy (non-hydrogen) atoms. The Kier molecular flexibility index (Phi) is 3.08. The molecule has 1 N–H and O–H groups in total. The highest BCUT2D eigenvalue weighted by Gasteiger charge is 1.93. The van der Waals surface area contributed by atoms with E-state index in [2.05, 4.69) is 4.74 Å². The van der Waals surface area contributed by atoms with E-state index in [1.165, 1.54) is 7.11 Å². The monoisotopic (exact) mass is 116 g/mol. The van der Waals surface area contributed by atoms with E-state index in [9.17, 15) is 0 Å². The van der Waals surface area contributed by atoms with Gasteiger partial charge in [0.05, 0.1) is 7.11 Å². The lowest BCUT2D eigenvalue weighted by Gasteiger charge is -1.99. The number of rotatable bonds is 2. The van der Waals surface area contributed by atoms with Crippen LogP contribution in [-0.2, 0) is 4.74 Å². The minimum Gasteiger partial charge on any atom is -0.481 e. The predicted molar refractivity (Wildman–Crippen MR) is 32.6 cm³/mol. The lowest BCUT2D eigenvalue weighted by Crippen LogP contribution is -1.87. The van der Waals surface area contributed by atoms with Crippen LogP contribution in [0.4, 0.5) is 0 Å². The van der Waals surface area contributed by atoms with Crippen LogP contribution in [0.15, 0.2) is 11.5 Å². The van der Waals surface area contributed by atoms with Gasteiger partial charge in [-0.3, -0.25) is 0 Å². The maximum Gasteiger partial charge on any atom is 0.275 e. The summed E-state index contributed by atoms with van der Waals surface area (Å²) in [7, 11) is 1.45. The summed E-state index contributed by atoms with van der Waals surface area (Å²) in [6.07, 6.45) is 0.833. The molecule has 0 amide bonds. The van der Waals surface area contributed by atoms with Crippen LogP contribution in [0.25, 0.3) is 0 Å². The predicted octanol–water partition coefficient (Wildman–Crippen LogP) is 1.83. The highest BCUT2D eigenvalue weighted by Crippen LogP contribution is 2.03. The highest BCUT2D eigenvalue weighted by atomic mass is 16.6. The molecule has 0 fully saturated rings. The molecule has 0 bridgehead atoms. The molecule has 0 aromatic carbocycles. The van der Waals surface area contributed by atoms with Crippen LogP contribution in [0.1, 0.15) is 20.3 Å². The fourth-order valence-electron chi connectivity index (χ4n) is 0.325. The van der Waals surface area contributed by atoms with Gasteiger partial charge in [-0.05, 0) is 13.3 Å². The molecule has 0 saturated carbocycles. The summed E-state index contributed by atoms with van der Waals surface area (Å²) in [4.78, 5) is 0. The molecule has 0 heterocycles. The van der Waals surface area contributed by atoms with Gasteiger partial charge in [0.2, 0.25) is 0 Å². The van der Waals surface area contributed by atoms with Crippen LogP contribution in [-0.4, -0.2) is 12.2 Å². The van der Waals surface area contributed by atoms with Crippen molar-refractivity contribution in [1.29, 1.82) is 0 Å². The van der Waals surface area contributed by atoms with Gasteiger partial charge in [-0.15, -0.1) is 0 Å². The molecule has 0 rings (SSSR count). The second-order valence-corrected chi connectivity index (χ2v) is 1.64. The molecule has 0 radical (unpaired) electrons. The van der Waals surface area contributed by atoms with E-state index >= 15 is 0 Å². The van der Waals surface area contributed by atoms with E-state index in [1.54, 1.807) is 0 Å². The average molecular weight is 116 g/mol. The molecule has 2 heteroatoms. The Hall–Kier alpha value is -0.660. The van der Waals surface area contributed by atoms with Crippen LogP contribution in [0.3, 0.4) is 0 Å². The number of aliphatic hydroxyl groups excluding tert-OH is 1. The number of allylic oxidation sites excluding steroid dienone is 1. The molecular formula is C6H12O2. The summed E-state index contributed by atoms with van der Waals surface area (Å²) >= 11 is 0. The van der Waals surface area contributed by atoms with Crippen molar-refractivity contribution in [1.82, 2.24) is 0 Å². The maximum absolute atomic E-state index is 8.78. The van der Waals surface area contributed by atoms with Gasteiger partial charge in [0.15, 0.2) is 0 Å². The topological polar surface area (TPSA) is 29.5 Å². The number of hydrogen-bond donors (Lipinski definition) is 1. The average Bonchev–Trinajstić information content (AvgIpc) is 1.84. The van der Waals surface area contributed by atoms with E-state index in [0.29, 0.717) is 0 Å². The molecular weight excluding hydrogens is 104 g/mol. The van der Waals surface area contributed by atoms with Crippen molar-refractivity contribution in [3.63, 3.8) is 0 Å². The second-order valence-electron chi connectivity index (χ2n) is 1.64. The zero-order chi connectivity index (χ0) is 6.57. The summed E-state index contributed by atoms with van der Waals surface area (Å²) in [6.45, 7) is 3.80. The van der Waals surface area contributed by atoms with Crippen molar-refractivity contribution in [3.05, 3.63) is 11.5 Å². The smallest absolute Gasteiger partial charge is 0.275 e. The van der Waals surface area contributed by atoms with Crippen molar-refractivity contribution >= 4 is 0 Å². The second kappa shape index (κ2) is 3.36. The summed E-state index contributed by atoms with van der Waals surface area (Å²) in [6, 6.07) is 0. The van der Waals surface area contributed by atoms with Crippen LogP contribution < -0.4 is 0 Å². The molecule has 0 aliphatic heterocycles. The van der Waals surface area contributed by atoms with Gasteiger partial charge in [0.1, 0.15) is 0 Å². The molecule has 0 atom stereocenters. The number of hydrogen-bond acceptors (Lipinski definition) is 2.